The molecule has 0 heterocycles. The SMILES string of the molecule is CC(O)(CN(C(=O)O)C(=O)O)C(=O)O. The summed E-state index contributed by atoms with van der Waals surface area (Å²) in [6.07, 6.45) is -3.70. The van der Waals surface area contributed by atoms with Gasteiger partial charge in [0.2, 0.25) is 0 Å². The average molecular weight is 207 g/mol. The zero-order valence-electron chi connectivity index (χ0n) is 7.17. The van der Waals surface area contributed by atoms with Crippen LogP contribution in [0.5, 0.6) is 0 Å². The normalized spacial score (nSPS) is 14.1. The molecule has 8 nitrogen and oxygen atoms in total. The van der Waals surface area contributed by atoms with Gasteiger partial charge in [-0.3, -0.25) is 0 Å². The second kappa shape index (κ2) is 3.92. The predicted molar refractivity (Wildman–Crippen MR) is 41.0 cm³/mol. The monoisotopic (exact) mass is 207 g/mol. The highest BCUT2D eigenvalue weighted by atomic mass is 16.4. The van der Waals surface area contributed by atoms with Gasteiger partial charge >= 0.3 is 18.2 Å². The van der Waals surface area contributed by atoms with E-state index in [1.807, 2.05) is 0 Å². The number of imide groups is 1. The first-order valence-electron chi connectivity index (χ1n) is 3.37. The van der Waals surface area contributed by atoms with Crippen molar-refractivity contribution in [3.63, 3.8) is 0 Å². The lowest BCUT2D eigenvalue weighted by atomic mass is 10.1. The zero-order valence-corrected chi connectivity index (χ0v) is 7.17. The number of carboxylic acid groups (broad SMARTS) is 3. The maximum atomic E-state index is 10.3. The van der Waals surface area contributed by atoms with Crippen LogP contribution in [-0.2, 0) is 4.79 Å². The van der Waals surface area contributed by atoms with Crippen LogP contribution < -0.4 is 0 Å². The lowest BCUT2D eigenvalue weighted by Gasteiger charge is -2.22. The van der Waals surface area contributed by atoms with Crippen molar-refractivity contribution in [1.29, 1.82) is 0 Å². The first kappa shape index (κ1) is 12.2. The Morgan fingerprint density at radius 2 is 1.50 bits per heavy atom. The van der Waals surface area contributed by atoms with Crippen molar-refractivity contribution >= 4 is 18.2 Å². The van der Waals surface area contributed by atoms with E-state index >= 15 is 0 Å². The molecule has 0 saturated heterocycles. The van der Waals surface area contributed by atoms with Crippen LogP contribution in [0.1, 0.15) is 6.92 Å². The Balaban J connectivity index is 4.69. The fraction of sp³-hybridized carbons (Fsp3) is 0.500. The summed E-state index contributed by atoms with van der Waals surface area (Å²) in [5, 5.41) is 34.1. The number of rotatable bonds is 3. The van der Waals surface area contributed by atoms with E-state index in [0.29, 0.717) is 0 Å². The van der Waals surface area contributed by atoms with Crippen LogP contribution in [0, 0.1) is 0 Å². The quantitative estimate of drug-likeness (QED) is 0.488. The molecule has 0 saturated carbocycles. The standard InChI is InChI=1S/C6H9NO7/c1-6(14,3(8)9)2-7(4(10)11)5(12)13/h14H,2H2,1H3,(H,8,9)(H,10,11)(H,12,13). The van der Waals surface area contributed by atoms with Crippen LogP contribution in [0.15, 0.2) is 0 Å². The summed E-state index contributed by atoms with van der Waals surface area (Å²) in [7, 11) is 0. The van der Waals surface area contributed by atoms with E-state index in [1.165, 1.54) is 0 Å². The summed E-state index contributed by atoms with van der Waals surface area (Å²) in [6, 6.07) is 0. The highest BCUT2D eigenvalue weighted by Gasteiger charge is 2.36. The minimum atomic E-state index is -2.43. The Kier molecular flexibility index (Phi) is 3.41. The van der Waals surface area contributed by atoms with Crippen molar-refractivity contribution in [3.05, 3.63) is 0 Å². The van der Waals surface area contributed by atoms with Gasteiger partial charge in [0, 0.05) is 0 Å². The van der Waals surface area contributed by atoms with Crippen LogP contribution >= 0.6 is 0 Å². The van der Waals surface area contributed by atoms with Gasteiger partial charge in [-0.2, -0.15) is 0 Å². The van der Waals surface area contributed by atoms with E-state index < -0.39 is 30.3 Å². The minimum Gasteiger partial charge on any atom is -0.479 e. The molecular formula is C6H9NO7. The zero-order chi connectivity index (χ0) is 11.5. The van der Waals surface area contributed by atoms with E-state index in [0.717, 1.165) is 6.92 Å². The molecule has 80 valence electrons. The summed E-state index contributed by atoms with van der Waals surface area (Å²) in [4.78, 5) is 30.7. The molecule has 0 aromatic rings. The summed E-state index contributed by atoms with van der Waals surface area (Å²) in [5.41, 5.74) is -2.43. The summed E-state index contributed by atoms with van der Waals surface area (Å²) >= 11 is 0. The molecule has 2 amide bonds. The van der Waals surface area contributed by atoms with Crippen LogP contribution in [0.2, 0.25) is 0 Å². The molecule has 0 aliphatic heterocycles. The van der Waals surface area contributed by atoms with Gasteiger partial charge in [-0.25, -0.2) is 19.3 Å². The van der Waals surface area contributed by atoms with Gasteiger partial charge in [0.05, 0.1) is 6.54 Å². The van der Waals surface area contributed by atoms with E-state index in [1.54, 1.807) is 0 Å². The van der Waals surface area contributed by atoms with Crippen molar-refractivity contribution in [2.75, 3.05) is 6.54 Å². The molecule has 14 heavy (non-hydrogen) atoms. The van der Waals surface area contributed by atoms with Crippen molar-refractivity contribution in [2.45, 2.75) is 12.5 Å². The topological polar surface area (TPSA) is 135 Å². The van der Waals surface area contributed by atoms with Crippen molar-refractivity contribution in [1.82, 2.24) is 4.90 Å². The second-order valence-corrected chi connectivity index (χ2v) is 2.73. The number of carboxylic acids is 1. The number of aliphatic carboxylic acids is 1. The second-order valence-electron chi connectivity index (χ2n) is 2.73. The maximum Gasteiger partial charge on any atom is 0.416 e. The fourth-order valence-corrected chi connectivity index (χ4v) is 0.593. The minimum absolute atomic E-state index is 0.214. The third kappa shape index (κ3) is 2.90. The third-order valence-electron chi connectivity index (χ3n) is 1.39. The van der Waals surface area contributed by atoms with Crippen LogP contribution in [0.3, 0.4) is 0 Å². The van der Waals surface area contributed by atoms with Crippen molar-refractivity contribution in [2.24, 2.45) is 0 Å². The summed E-state index contributed by atoms with van der Waals surface area (Å²) in [5.74, 6) is -1.70. The van der Waals surface area contributed by atoms with Gasteiger partial charge in [0.25, 0.3) is 0 Å². The highest BCUT2D eigenvalue weighted by Crippen LogP contribution is 2.07. The predicted octanol–water partition coefficient (Wildman–Crippen LogP) is -0.520. The van der Waals surface area contributed by atoms with Gasteiger partial charge < -0.3 is 20.4 Å². The van der Waals surface area contributed by atoms with E-state index in [2.05, 4.69) is 0 Å². The Morgan fingerprint density at radius 1 is 1.14 bits per heavy atom. The van der Waals surface area contributed by atoms with E-state index in [-0.39, 0.29) is 4.90 Å². The first-order chi connectivity index (χ1) is 6.18. The number of nitrogens with zero attached hydrogens (tertiary/aromatic N) is 1. The van der Waals surface area contributed by atoms with Gasteiger partial charge in [0.15, 0.2) is 5.60 Å². The van der Waals surface area contributed by atoms with Crippen molar-refractivity contribution in [3.8, 4) is 0 Å². The number of amides is 2. The molecule has 1 unspecified atom stereocenters. The summed E-state index contributed by atoms with van der Waals surface area (Å²) in [6.45, 7) is -0.249. The van der Waals surface area contributed by atoms with Crippen LogP contribution in [0.25, 0.3) is 0 Å². The lowest BCUT2D eigenvalue weighted by Crippen LogP contribution is -2.50. The van der Waals surface area contributed by atoms with E-state index in [9.17, 15) is 14.4 Å². The van der Waals surface area contributed by atoms with Gasteiger partial charge in [0.1, 0.15) is 0 Å². The Labute approximate surface area is 78.0 Å². The number of aliphatic hydroxyl groups is 1. The molecule has 0 aromatic heterocycles. The molecule has 0 aliphatic rings. The van der Waals surface area contributed by atoms with Gasteiger partial charge in [-0.05, 0) is 6.92 Å². The molecule has 0 spiro atoms. The molecule has 0 aromatic carbocycles. The van der Waals surface area contributed by atoms with Gasteiger partial charge in [-0.1, -0.05) is 0 Å². The average Bonchev–Trinajstić information content (AvgIpc) is 1.98. The van der Waals surface area contributed by atoms with Gasteiger partial charge in [-0.15, -0.1) is 0 Å². The Morgan fingerprint density at radius 3 is 1.71 bits per heavy atom. The first-order valence-corrected chi connectivity index (χ1v) is 3.37. The number of hydrogen-bond acceptors (Lipinski definition) is 4. The molecule has 0 bridgehead atoms. The highest BCUT2D eigenvalue weighted by molar-refractivity contribution is 5.87. The molecule has 0 aliphatic carbocycles. The Hall–Kier alpha value is -1.83. The molecule has 0 fully saturated rings. The summed E-state index contributed by atoms with van der Waals surface area (Å²) < 4.78 is 0. The third-order valence-corrected chi connectivity index (χ3v) is 1.39. The van der Waals surface area contributed by atoms with Crippen LogP contribution in [0.4, 0.5) is 9.59 Å². The number of hydrogen-bond donors (Lipinski definition) is 4. The molecular weight excluding hydrogens is 198 g/mol. The largest absolute Gasteiger partial charge is 0.479 e. The fourth-order valence-electron chi connectivity index (χ4n) is 0.593. The molecule has 8 heteroatoms. The molecule has 4 N–H and O–H groups in total. The Bertz CT molecular complexity index is 257. The van der Waals surface area contributed by atoms with E-state index in [4.69, 9.17) is 20.4 Å². The number of carbonyl (C=O) groups is 3. The lowest BCUT2D eigenvalue weighted by molar-refractivity contribution is -0.157. The molecule has 0 rings (SSSR count). The molecule has 1 atom stereocenters. The smallest absolute Gasteiger partial charge is 0.416 e. The van der Waals surface area contributed by atoms with Crippen molar-refractivity contribution < 1.29 is 34.8 Å². The molecule has 0 radical (unpaired) electrons. The van der Waals surface area contributed by atoms with Crippen LogP contribution in [-0.4, -0.2) is 55.6 Å². The maximum absolute atomic E-state index is 10.3.